The number of epoxide rings is 1. The van der Waals surface area contributed by atoms with Gasteiger partial charge in [-0.1, -0.05) is 0 Å². The third-order valence-corrected chi connectivity index (χ3v) is 6.95. The maximum absolute atomic E-state index is 11.4. The van der Waals surface area contributed by atoms with Gasteiger partial charge >= 0.3 is 248 Å². The van der Waals surface area contributed by atoms with E-state index in [-0.39, 0.29) is 65.4 Å². The quantitative estimate of drug-likeness (QED) is 0.0308. The first-order chi connectivity index (χ1) is 20.4. The van der Waals surface area contributed by atoms with Gasteiger partial charge in [0.15, 0.2) is 0 Å². The van der Waals surface area contributed by atoms with Crippen LogP contribution >= 0.6 is 8.17 Å². The molecule has 1 atom stereocenters. The van der Waals surface area contributed by atoms with E-state index in [4.69, 9.17) is 46.7 Å². The van der Waals surface area contributed by atoms with Gasteiger partial charge in [-0.25, -0.2) is 0 Å². The van der Waals surface area contributed by atoms with E-state index < -0.39 is 26.2 Å². The van der Waals surface area contributed by atoms with Crippen LogP contribution in [0.4, 0.5) is 0 Å². The normalized spacial score (nSPS) is 14.6. The average Bonchev–Trinajstić information content (AvgIpc) is 3.84. The molecule has 0 saturated carbocycles. The zero-order chi connectivity index (χ0) is 30.7. The van der Waals surface area contributed by atoms with Crippen molar-refractivity contribution >= 4 is 26.1 Å². The van der Waals surface area contributed by atoms with Crippen LogP contribution in [0.2, 0.25) is 0 Å². The van der Waals surface area contributed by atoms with Gasteiger partial charge < -0.3 is 0 Å². The summed E-state index contributed by atoms with van der Waals surface area (Å²) in [5.41, 5.74) is 0. The van der Waals surface area contributed by atoms with Crippen LogP contribution in [0.15, 0.2) is 25.3 Å². The van der Waals surface area contributed by atoms with Crippen molar-refractivity contribution in [2.45, 2.75) is 44.6 Å². The monoisotopic (exact) mass is 626 g/mol. The van der Waals surface area contributed by atoms with E-state index in [1.165, 1.54) is 0 Å². The second kappa shape index (κ2) is 25.5. The molecule has 1 unspecified atom stereocenters. The zero-order valence-electron chi connectivity index (χ0n) is 24.3. The van der Waals surface area contributed by atoms with Crippen molar-refractivity contribution in [3.05, 3.63) is 25.3 Å². The minimum atomic E-state index is -3.87. The molecule has 0 aromatic rings. The Balaban J connectivity index is 2.19. The third kappa shape index (κ3) is 22.6. The fourth-order valence-corrected chi connectivity index (χ4v) is 4.41. The molecule has 1 N–H and O–H groups in total. The molecule has 1 fully saturated rings. The summed E-state index contributed by atoms with van der Waals surface area (Å²) in [4.78, 5) is 44.2. The van der Waals surface area contributed by atoms with E-state index in [2.05, 4.69) is 13.2 Å². The molecule has 14 nitrogen and oxygen atoms in total. The Kier molecular flexibility index (Phi) is 23.1. The Morgan fingerprint density at radius 3 is 1.33 bits per heavy atom. The molecule has 0 aromatic heterocycles. The van der Waals surface area contributed by atoms with Crippen molar-refractivity contribution in [2.75, 3.05) is 85.9 Å². The van der Waals surface area contributed by atoms with Gasteiger partial charge in [-0.2, -0.15) is 0 Å². The Morgan fingerprint density at radius 1 is 0.619 bits per heavy atom. The number of hydrogen-bond acceptors (Lipinski definition) is 14. The van der Waals surface area contributed by atoms with Gasteiger partial charge in [0.1, 0.15) is 0 Å². The van der Waals surface area contributed by atoms with Crippen LogP contribution in [-0.2, 0) is 61.1 Å². The van der Waals surface area contributed by atoms with E-state index >= 15 is 0 Å². The van der Waals surface area contributed by atoms with Crippen LogP contribution in [0.5, 0.6) is 0 Å². The van der Waals surface area contributed by atoms with Gasteiger partial charge in [0.2, 0.25) is 0 Å². The Morgan fingerprint density at radius 2 is 0.976 bits per heavy atom. The van der Waals surface area contributed by atoms with Crippen LogP contribution < -0.4 is 0 Å². The van der Waals surface area contributed by atoms with Gasteiger partial charge in [0.25, 0.3) is 0 Å². The van der Waals surface area contributed by atoms with Crippen molar-refractivity contribution in [3.8, 4) is 0 Å². The van der Waals surface area contributed by atoms with Gasteiger partial charge in [-0.05, 0) is 0 Å². The molecule has 0 aromatic carbocycles. The minimum absolute atomic E-state index is 0.151. The second-order valence-electron chi connectivity index (χ2n) is 8.76. The molecule has 42 heavy (non-hydrogen) atoms. The summed E-state index contributed by atoms with van der Waals surface area (Å²) in [7, 11) is -3.87. The average molecular weight is 627 g/mol. The molecule has 1 rings (SSSR count). The third-order valence-electron chi connectivity index (χ3n) is 5.25. The molecule has 0 amide bonds. The molecular weight excluding hydrogens is 579 g/mol. The van der Waals surface area contributed by atoms with Gasteiger partial charge in [0.05, 0.1) is 0 Å². The molecule has 0 bridgehead atoms. The topological polar surface area (TPSA) is 167 Å². The predicted octanol–water partition coefficient (Wildman–Crippen LogP) is 2.23. The number of ether oxygens (including phenoxy) is 7. The Labute approximate surface area is 248 Å². The van der Waals surface area contributed by atoms with E-state index in [9.17, 15) is 19.3 Å². The molecule has 0 aliphatic carbocycles. The Hall–Kier alpha value is -2.00. The van der Waals surface area contributed by atoms with E-state index in [1.54, 1.807) is 0 Å². The summed E-state index contributed by atoms with van der Waals surface area (Å²) in [6, 6.07) is 0. The molecule has 1 saturated heterocycles. The number of carbonyl (C=O) groups is 3. The molecule has 15 heteroatoms. The molecule has 1 heterocycles. The predicted molar refractivity (Wildman–Crippen MR) is 152 cm³/mol. The SMILES string of the molecule is C=CC(=O)OCCOCCCCO[PH](O)(OCCCCOCCOC(=O)C=C)OCCCCOCCOC(=O)C1CO1. The number of esters is 3. The van der Waals surface area contributed by atoms with Gasteiger partial charge in [0, 0.05) is 0 Å². The van der Waals surface area contributed by atoms with Crippen molar-refractivity contribution < 1.29 is 66.0 Å². The molecule has 0 spiro atoms. The van der Waals surface area contributed by atoms with Crippen molar-refractivity contribution in [3.63, 3.8) is 0 Å². The summed E-state index contributed by atoms with van der Waals surface area (Å²) in [6.07, 6.45) is 5.57. The van der Waals surface area contributed by atoms with E-state index in [1.807, 2.05) is 0 Å². The number of unbranched alkanes of at least 4 members (excludes halogenated alkanes) is 3. The summed E-state index contributed by atoms with van der Waals surface area (Å²) >= 11 is 0. The fraction of sp³-hybridized carbons (Fsp3) is 0.741. The number of rotatable bonds is 30. The molecule has 0 radical (unpaired) electrons. The Bertz CT molecular complexity index is 723. The standard InChI is InChI=1S/C27H47O14P/c1-3-25(28)35-20-17-32-11-5-8-14-39-42(31,40-15-9-6-12-33-18-21-36-26(29)4-2)41-16-10-7-13-34-19-22-37-27(30)24-23-38-24/h3-4,24,31,42H,1-2,5-23H2. The summed E-state index contributed by atoms with van der Waals surface area (Å²) < 4.78 is 52.6. The molecule has 1 aliphatic heterocycles. The second-order valence-corrected chi connectivity index (χ2v) is 10.7. The van der Waals surface area contributed by atoms with Crippen molar-refractivity contribution in [1.29, 1.82) is 0 Å². The van der Waals surface area contributed by atoms with Crippen molar-refractivity contribution in [2.24, 2.45) is 0 Å². The van der Waals surface area contributed by atoms with Crippen LogP contribution in [0.1, 0.15) is 38.5 Å². The zero-order valence-corrected chi connectivity index (χ0v) is 25.3. The first kappa shape index (κ1) is 38.0. The van der Waals surface area contributed by atoms with Crippen molar-refractivity contribution in [1.82, 2.24) is 0 Å². The summed E-state index contributed by atoms with van der Waals surface area (Å²) in [5.74, 6) is -1.36. The van der Waals surface area contributed by atoms with Gasteiger partial charge in [-0.15, -0.1) is 0 Å². The first-order valence-electron chi connectivity index (χ1n) is 14.1. The summed E-state index contributed by atoms with van der Waals surface area (Å²) in [5, 5.41) is 0. The number of hydrogen-bond donors (Lipinski definition) is 1. The van der Waals surface area contributed by atoms with Crippen LogP contribution in [0.25, 0.3) is 0 Å². The molecular formula is C27H47O14P. The van der Waals surface area contributed by atoms with Crippen LogP contribution in [0.3, 0.4) is 0 Å². The van der Waals surface area contributed by atoms with Crippen LogP contribution in [-0.4, -0.2) is 115 Å². The first-order valence-corrected chi connectivity index (χ1v) is 15.8. The van der Waals surface area contributed by atoms with E-state index in [0.29, 0.717) is 65.0 Å². The van der Waals surface area contributed by atoms with E-state index in [0.717, 1.165) is 12.2 Å². The number of carbonyl (C=O) groups excluding carboxylic acids is 3. The fourth-order valence-electron chi connectivity index (χ4n) is 2.95. The summed E-state index contributed by atoms with van der Waals surface area (Å²) in [6.45, 7) is 10.4. The maximum atomic E-state index is 11.4. The molecule has 244 valence electrons. The van der Waals surface area contributed by atoms with Gasteiger partial charge in [-0.3, -0.25) is 0 Å². The molecule has 1 aliphatic rings. The van der Waals surface area contributed by atoms with Crippen LogP contribution in [0, 0.1) is 0 Å².